The van der Waals surface area contributed by atoms with Crippen molar-refractivity contribution in [2.45, 2.75) is 0 Å². The molecule has 0 spiro atoms. The third-order valence-corrected chi connectivity index (χ3v) is 0. The van der Waals surface area contributed by atoms with Gasteiger partial charge in [-0.3, -0.25) is 0 Å². The SMILES string of the molecule is C[S+]=O.O.[Na+]. The molecule has 0 heterocycles. The largest absolute Gasteiger partial charge is 1.00 e. The van der Waals surface area contributed by atoms with Crippen LogP contribution in [0.5, 0.6) is 0 Å². The van der Waals surface area contributed by atoms with Gasteiger partial charge in [0, 0.05) is 4.21 Å². The molecule has 0 aliphatic carbocycles. The predicted molar refractivity (Wildman–Crippen MR) is 17.6 cm³/mol. The summed E-state index contributed by atoms with van der Waals surface area (Å²) < 4.78 is 8.85. The first kappa shape index (κ1) is 16.7. The van der Waals surface area contributed by atoms with E-state index in [-0.39, 0.29) is 35.0 Å². The maximum absolute atomic E-state index is 8.85. The van der Waals surface area contributed by atoms with E-state index in [0.717, 1.165) is 0 Å². The van der Waals surface area contributed by atoms with Crippen LogP contribution < -0.4 is 29.6 Å². The zero-order valence-electron chi connectivity index (χ0n) is 3.32. The van der Waals surface area contributed by atoms with E-state index in [1.807, 2.05) is 0 Å². The number of rotatable bonds is 0. The Labute approximate surface area is 57.0 Å². The minimum Gasteiger partial charge on any atom is -0.412 e. The van der Waals surface area contributed by atoms with Gasteiger partial charge < -0.3 is 5.48 Å². The summed E-state index contributed by atoms with van der Waals surface area (Å²) in [6.45, 7) is 0. The minimum atomic E-state index is 0. The first-order chi connectivity index (χ1) is 1.41. The van der Waals surface area contributed by atoms with Gasteiger partial charge in [0.15, 0.2) is 0 Å². The summed E-state index contributed by atoms with van der Waals surface area (Å²) in [6, 6.07) is 0. The molecule has 0 fully saturated rings. The zero-order valence-corrected chi connectivity index (χ0v) is 6.13. The van der Waals surface area contributed by atoms with Crippen LogP contribution in [0.25, 0.3) is 0 Å². The van der Waals surface area contributed by atoms with Crippen molar-refractivity contribution in [2.75, 3.05) is 6.26 Å². The summed E-state index contributed by atoms with van der Waals surface area (Å²) >= 11 is 0.500. The van der Waals surface area contributed by atoms with Crippen molar-refractivity contribution in [1.29, 1.82) is 0 Å². The van der Waals surface area contributed by atoms with E-state index >= 15 is 0 Å². The van der Waals surface area contributed by atoms with Gasteiger partial charge in [-0.2, -0.15) is 0 Å². The fourth-order valence-corrected chi connectivity index (χ4v) is 0. The number of hydrogen-bond donors (Lipinski definition) is 0. The van der Waals surface area contributed by atoms with E-state index in [1.165, 1.54) is 6.26 Å². The van der Waals surface area contributed by atoms with Crippen molar-refractivity contribution in [1.82, 2.24) is 0 Å². The molecule has 0 saturated heterocycles. The van der Waals surface area contributed by atoms with Crippen LogP contribution in [-0.4, -0.2) is 11.7 Å². The summed E-state index contributed by atoms with van der Waals surface area (Å²) in [5, 5.41) is 0. The van der Waals surface area contributed by atoms with Gasteiger partial charge in [0.2, 0.25) is 6.26 Å². The molecule has 0 amide bonds. The second kappa shape index (κ2) is 20.1. The molecule has 0 unspecified atom stereocenters. The number of hydrogen-bond acceptors (Lipinski definition) is 1. The molecule has 0 aliphatic heterocycles. The van der Waals surface area contributed by atoms with Crippen molar-refractivity contribution in [2.24, 2.45) is 0 Å². The standard InChI is InChI=1S/CH3OS.Na.H2O/c1-3-2;;/h1H3;;1H2/q2*+1;. The molecule has 0 rings (SSSR count). The average Bonchev–Trinajstić information content (AvgIpc) is 0.918. The van der Waals surface area contributed by atoms with Gasteiger partial charge in [-0.15, -0.1) is 0 Å². The van der Waals surface area contributed by atoms with E-state index in [9.17, 15) is 0 Å². The molecule has 4 heteroatoms. The van der Waals surface area contributed by atoms with E-state index in [1.54, 1.807) is 0 Å². The Morgan fingerprint density at radius 3 is 1.60 bits per heavy atom. The Balaban J connectivity index is -0.0000000200. The fourth-order valence-electron chi connectivity index (χ4n) is 0. The molecule has 0 aromatic rings. The van der Waals surface area contributed by atoms with Crippen LogP contribution in [-0.2, 0) is 15.9 Å². The fraction of sp³-hybridized carbons (Fsp3) is 1.00. The van der Waals surface area contributed by atoms with E-state index in [0.29, 0.717) is 11.7 Å². The molecule has 5 heavy (non-hydrogen) atoms. The van der Waals surface area contributed by atoms with Crippen molar-refractivity contribution in [3.8, 4) is 0 Å². The van der Waals surface area contributed by atoms with Gasteiger partial charge in [0.1, 0.15) is 0 Å². The normalized spacial score (nSPS) is 2.60. The molecule has 0 bridgehead atoms. The quantitative estimate of drug-likeness (QED) is 0.230. The van der Waals surface area contributed by atoms with Crippen LogP contribution in [0.4, 0.5) is 0 Å². The summed E-state index contributed by atoms with van der Waals surface area (Å²) in [5.41, 5.74) is 0. The second-order valence-corrected chi connectivity index (χ2v) is 0.500. The van der Waals surface area contributed by atoms with Crippen molar-refractivity contribution in [3.05, 3.63) is 0 Å². The summed E-state index contributed by atoms with van der Waals surface area (Å²) in [4.78, 5) is 0. The molecule has 0 radical (unpaired) electrons. The first-order valence-corrected chi connectivity index (χ1v) is 1.72. The topological polar surface area (TPSA) is 48.6 Å². The first-order valence-electron chi connectivity index (χ1n) is 0.575. The Morgan fingerprint density at radius 1 is 1.60 bits per heavy atom. The third-order valence-electron chi connectivity index (χ3n) is 0. The molecule has 0 aliphatic rings. The van der Waals surface area contributed by atoms with Crippen molar-refractivity contribution in [3.63, 3.8) is 0 Å². The van der Waals surface area contributed by atoms with Gasteiger partial charge in [-0.05, 0) is 0 Å². The molecule has 0 aromatic heterocycles. The zero-order chi connectivity index (χ0) is 2.71. The van der Waals surface area contributed by atoms with Crippen LogP contribution in [0.3, 0.4) is 0 Å². The summed E-state index contributed by atoms with van der Waals surface area (Å²) in [7, 11) is 0. The Morgan fingerprint density at radius 2 is 1.60 bits per heavy atom. The van der Waals surface area contributed by atoms with Crippen LogP contribution in [0.2, 0.25) is 0 Å². The van der Waals surface area contributed by atoms with Gasteiger partial charge >= 0.3 is 41.2 Å². The summed E-state index contributed by atoms with van der Waals surface area (Å²) in [6.07, 6.45) is 1.49. The molecule has 2 nitrogen and oxygen atoms in total. The third kappa shape index (κ3) is 46.0. The van der Waals surface area contributed by atoms with Crippen molar-refractivity contribution >= 4 is 11.7 Å². The van der Waals surface area contributed by atoms with Crippen molar-refractivity contribution < 1.29 is 39.2 Å². The Kier molecular flexibility index (Phi) is 67.2. The Bertz CT molecular complexity index is 17.1. The average molecular weight is 104 g/mol. The van der Waals surface area contributed by atoms with E-state index < -0.39 is 0 Å². The molecular formula is CH5NaO2S+2. The monoisotopic (exact) mass is 104 g/mol. The van der Waals surface area contributed by atoms with E-state index in [2.05, 4.69) is 0 Å². The van der Waals surface area contributed by atoms with Gasteiger partial charge in [0.05, 0.1) is 0 Å². The predicted octanol–water partition coefficient (Wildman–Crippen LogP) is -3.78. The molecule has 0 saturated carbocycles. The molecule has 2 N–H and O–H groups in total. The molecule has 0 atom stereocenters. The molecule has 26 valence electrons. The summed E-state index contributed by atoms with van der Waals surface area (Å²) in [5.74, 6) is 0. The molecular weight excluding hydrogens is 99.1 g/mol. The van der Waals surface area contributed by atoms with Crippen LogP contribution >= 0.6 is 0 Å². The van der Waals surface area contributed by atoms with Gasteiger partial charge in [-0.25, -0.2) is 0 Å². The van der Waals surface area contributed by atoms with Gasteiger partial charge in [-0.1, -0.05) is 0 Å². The van der Waals surface area contributed by atoms with Crippen LogP contribution in [0.15, 0.2) is 0 Å². The van der Waals surface area contributed by atoms with E-state index in [4.69, 9.17) is 4.21 Å². The smallest absolute Gasteiger partial charge is 0.412 e. The maximum atomic E-state index is 8.85. The second-order valence-electron chi connectivity index (χ2n) is 0.167. The van der Waals surface area contributed by atoms with Gasteiger partial charge in [0.25, 0.3) is 0 Å². The van der Waals surface area contributed by atoms with Crippen LogP contribution in [0.1, 0.15) is 0 Å². The van der Waals surface area contributed by atoms with Crippen LogP contribution in [0, 0.1) is 0 Å². The minimum absolute atomic E-state index is 0. The maximum Gasteiger partial charge on any atom is 1.00 e. The Hall–Kier alpha value is 0.980. The molecule has 0 aromatic carbocycles.